The lowest BCUT2D eigenvalue weighted by Crippen LogP contribution is -2.64. The monoisotopic (exact) mass is 394 g/mol. The molecule has 11 heteroatoms. The first-order valence-electron chi connectivity index (χ1n) is 6.67. The number of ether oxygens (including phenoxy) is 1. The zero-order chi connectivity index (χ0) is 18.3. The van der Waals surface area contributed by atoms with Crippen LogP contribution in [-0.4, -0.2) is 52.1 Å². The predicted molar refractivity (Wildman–Crippen MR) is 92.5 cm³/mol. The van der Waals surface area contributed by atoms with Gasteiger partial charge < -0.3 is 9.64 Å². The average molecular weight is 395 g/mol. The van der Waals surface area contributed by atoms with Gasteiger partial charge in [-0.15, -0.1) is 0 Å². The van der Waals surface area contributed by atoms with Crippen molar-refractivity contribution in [2.24, 2.45) is 4.99 Å². The van der Waals surface area contributed by atoms with Crippen molar-refractivity contribution in [1.82, 2.24) is 9.62 Å². The summed E-state index contributed by atoms with van der Waals surface area (Å²) < 4.78 is 33.4. The first-order chi connectivity index (χ1) is 11.0. The molecule has 1 aromatic carbocycles. The summed E-state index contributed by atoms with van der Waals surface area (Å²) in [5.41, 5.74) is -1.99. The highest BCUT2D eigenvalue weighted by Crippen LogP contribution is 2.41. The summed E-state index contributed by atoms with van der Waals surface area (Å²) in [5.74, 6) is -0.912. The Kier molecular flexibility index (Phi) is 4.89. The van der Waals surface area contributed by atoms with Crippen LogP contribution in [0.25, 0.3) is 0 Å². The minimum Gasteiger partial charge on any atom is -0.466 e. The summed E-state index contributed by atoms with van der Waals surface area (Å²) in [5, 5.41) is 0.0954. The van der Waals surface area contributed by atoms with Crippen LogP contribution in [0.4, 0.5) is 5.69 Å². The smallest absolute Gasteiger partial charge is 0.355 e. The number of methoxy groups -OCH3 is 1. The Morgan fingerprint density at radius 1 is 1.33 bits per heavy atom. The highest BCUT2D eigenvalue weighted by molar-refractivity contribution is 7.91. The lowest BCUT2D eigenvalue weighted by molar-refractivity contribution is -0.145. The Hall–Kier alpha value is -1.71. The molecule has 1 heterocycles. The summed E-state index contributed by atoms with van der Waals surface area (Å²) in [7, 11) is 0.0621. The zero-order valence-electron chi connectivity index (χ0n) is 13.4. The van der Waals surface area contributed by atoms with Gasteiger partial charge in [0.05, 0.1) is 22.8 Å². The van der Waals surface area contributed by atoms with Gasteiger partial charge in [0.2, 0.25) is 11.6 Å². The number of carbonyl (C=O) groups is 1. The molecular weight excluding hydrogens is 379 g/mol. The molecule has 0 spiro atoms. The van der Waals surface area contributed by atoms with E-state index in [2.05, 4.69) is 9.71 Å². The van der Waals surface area contributed by atoms with Crippen molar-refractivity contribution in [2.45, 2.75) is 12.6 Å². The lowest BCUT2D eigenvalue weighted by Gasteiger charge is -2.41. The third-order valence-electron chi connectivity index (χ3n) is 3.32. The number of para-hydroxylation sites is 1. The summed E-state index contributed by atoms with van der Waals surface area (Å²) in [6.07, 6.45) is 0. The largest absolute Gasteiger partial charge is 0.466 e. The Labute approximate surface area is 150 Å². The summed E-state index contributed by atoms with van der Waals surface area (Å²) in [4.78, 5) is 18.0. The highest BCUT2D eigenvalue weighted by Gasteiger charge is 2.52. The molecule has 1 atom stereocenters. The highest BCUT2D eigenvalue weighted by atomic mass is 35.5. The number of rotatable bonds is 2. The number of hydrogen-bond donors (Lipinski definition) is 1. The third kappa shape index (κ3) is 2.99. The van der Waals surface area contributed by atoms with Gasteiger partial charge in [-0.1, -0.05) is 29.3 Å². The van der Waals surface area contributed by atoms with Crippen molar-refractivity contribution in [3.05, 3.63) is 28.2 Å². The normalized spacial score (nSPS) is 22.4. The van der Waals surface area contributed by atoms with Gasteiger partial charge in [-0.3, -0.25) is 0 Å². The molecule has 0 fully saturated rings. The van der Waals surface area contributed by atoms with E-state index in [9.17, 15) is 13.2 Å². The summed E-state index contributed by atoms with van der Waals surface area (Å²) >= 11 is 12.3. The van der Waals surface area contributed by atoms with Crippen LogP contribution in [0.1, 0.15) is 6.92 Å². The predicted octanol–water partition coefficient (Wildman–Crippen LogP) is 1.45. The van der Waals surface area contributed by atoms with Crippen LogP contribution in [0, 0.1) is 0 Å². The van der Waals surface area contributed by atoms with Crippen LogP contribution in [0.5, 0.6) is 0 Å². The molecule has 0 amide bonds. The molecule has 0 saturated carbocycles. The van der Waals surface area contributed by atoms with Gasteiger partial charge in [0.1, 0.15) is 0 Å². The van der Waals surface area contributed by atoms with E-state index in [1.807, 2.05) is 0 Å². The van der Waals surface area contributed by atoms with Crippen LogP contribution in [0.15, 0.2) is 23.2 Å². The fourth-order valence-electron chi connectivity index (χ4n) is 2.20. The number of guanidine groups is 1. The van der Waals surface area contributed by atoms with Gasteiger partial charge >= 0.3 is 16.2 Å². The van der Waals surface area contributed by atoms with Crippen LogP contribution >= 0.6 is 23.2 Å². The molecule has 1 aliphatic rings. The van der Waals surface area contributed by atoms with E-state index in [1.165, 1.54) is 24.0 Å². The number of halogens is 2. The van der Waals surface area contributed by atoms with Gasteiger partial charge in [0.15, 0.2) is 0 Å². The molecule has 1 N–H and O–H groups in total. The molecule has 2 rings (SSSR count). The molecule has 0 radical (unpaired) electrons. The van der Waals surface area contributed by atoms with E-state index in [0.717, 1.165) is 11.4 Å². The molecule has 24 heavy (non-hydrogen) atoms. The second kappa shape index (κ2) is 6.30. The van der Waals surface area contributed by atoms with Crippen molar-refractivity contribution in [3.63, 3.8) is 0 Å². The van der Waals surface area contributed by atoms with Gasteiger partial charge in [-0.05, 0) is 19.1 Å². The summed E-state index contributed by atoms with van der Waals surface area (Å²) in [6.45, 7) is 1.31. The Morgan fingerprint density at radius 3 is 2.33 bits per heavy atom. The molecule has 1 aliphatic heterocycles. The van der Waals surface area contributed by atoms with E-state index >= 15 is 0 Å². The van der Waals surface area contributed by atoms with Crippen LogP contribution < -0.4 is 9.03 Å². The van der Waals surface area contributed by atoms with Crippen molar-refractivity contribution >= 4 is 51.0 Å². The zero-order valence-corrected chi connectivity index (χ0v) is 15.7. The van der Waals surface area contributed by atoms with Crippen molar-refractivity contribution in [3.8, 4) is 0 Å². The number of anilines is 1. The lowest BCUT2D eigenvalue weighted by atomic mass is 10.2. The first kappa shape index (κ1) is 18.6. The van der Waals surface area contributed by atoms with Crippen molar-refractivity contribution < 1.29 is 17.9 Å². The van der Waals surface area contributed by atoms with E-state index in [-0.39, 0.29) is 21.7 Å². The Bertz CT molecular complexity index is 792. The number of esters is 1. The number of hydrogen-bond acceptors (Lipinski definition) is 6. The van der Waals surface area contributed by atoms with Crippen LogP contribution in [-0.2, 0) is 19.7 Å². The number of nitrogens with zero attached hydrogens (tertiary/aromatic N) is 3. The Morgan fingerprint density at radius 2 is 1.88 bits per heavy atom. The number of benzene rings is 1. The second-order valence-electron chi connectivity index (χ2n) is 5.28. The fraction of sp³-hybridized carbons (Fsp3) is 0.385. The van der Waals surface area contributed by atoms with Gasteiger partial charge in [-0.2, -0.15) is 8.42 Å². The maximum atomic E-state index is 12.8. The van der Waals surface area contributed by atoms with Crippen molar-refractivity contribution in [1.29, 1.82) is 0 Å². The molecule has 0 saturated heterocycles. The molecule has 1 aromatic rings. The topological polar surface area (TPSA) is 91.3 Å². The van der Waals surface area contributed by atoms with Crippen LogP contribution in [0.3, 0.4) is 0 Å². The first-order valence-corrected chi connectivity index (χ1v) is 8.87. The van der Waals surface area contributed by atoms with E-state index in [1.54, 1.807) is 20.2 Å². The molecule has 1 unspecified atom stereocenters. The third-order valence-corrected chi connectivity index (χ3v) is 5.39. The second-order valence-corrected chi connectivity index (χ2v) is 7.62. The summed E-state index contributed by atoms with van der Waals surface area (Å²) in [6, 6.07) is 4.48. The molecule has 132 valence electrons. The standard InChI is InChI=1S/C13H16Cl2N4O4S/c1-13(11(20)23-4)16-12(18(2)3)17-24(21,22)19(13)10-8(14)6-5-7-9(10)15/h5-7H,1-4H3,(H,16,17). The minimum atomic E-state index is -4.24. The van der Waals surface area contributed by atoms with Gasteiger partial charge in [0, 0.05) is 14.1 Å². The van der Waals surface area contributed by atoms with E-state index < -0.39 is 21.8 Å². The van der Waals surface area contributed by atoms with E-state index in [0.29, 0.717) is 0 Å². The maximum Gasteiger partial charge on any atom is 0.355 e. The fourth-order valence-corrected chi connectivity index (χ4v) is 4.44. The number of aliphatic imine (C=N–C) groups is 1. The molecular formula is C13H16Cl2N4O4S. The molecule has 8 nitrogen and oxygen atoms in total. The molecule has 0 aromatic heterocycles. The van der Waals surface area contributed by atoms with E-state index in [4.69, 9.17) is 27.9 Å². The van der Waals surface area contributed by atoms with Crippen molar-refractivity contribution in [2.75, 3.05) is 25.5 Å². The molecule has 0 bridgehead atoms. The quantitative estimate of drug-likeness (QED) is 0.766. The average Bonchev–Trinajstić information content (AvgIpc) is 2.47. The SMILES string of the molecule is COC(=O)C1(C)N=C(N(C)C)NS(=O)(=O)N1c1c(Cl)cccc1Cl. The Balaban J connectivity index is 2.82. The number of nitrogens with one attached hydrogen (secondary N) is 1. The minimum absolute atomic E-state index is 0.0256. The van der Waals surface area contributed by atoms with Crippen LogP contribution in [0.2, 0.25) is 10.0 Å². The number of carbonyl (C=O) groups excluding carboxylic acids is 1. The maximum absolute atomic E-state index is 12.8. The van der Waals surface area contributed by atoms with Gasteiger partial charge in [0.25, 0.3) is 0 Å². The van der Waals surface area contributed by atoms with Gasteiger partial charge in [-0.25, -0.2) is 18.8 Å². The molecule has 0 aliphatic carbocycles.